The highest BCUT2D eigenvalue weighted by atomic mass is 16.4. The summed E-state index contributed by atoms with van der Waals surface area (Å²) in [4.78, 5) is 25.7. The van der Waals surface area contributed by atoms with Crippen molar-refractivity contribution < 1.29 is 19.2 Å². The van der Waals surface area contributed by atoms with E-state index in [4.69, 9.17) is 4.42 Å². The van der Waals surface area contributed by atoms with Gasteiger partial charge >= 0.3 is 5.63 Å². The molecular formula is C22H23N2O4+. The standard InChI is InChI=1S/C22H22N2O4/c25-18-6-7-19-16(12-21(26)28-20(19)13-18)14-24-10-8-15(9-11-24)22(27)23-17-4-2-1-3-5-17/h1-7,12-13,15,25H,8-11,14H2,(H,23,27)/p+1. The molecule has 1 saturated heterocycles. The predicted octanol–water partition coefficient (Wildman–Crippen LogP) is 1.93. The van der Waals surface area contributed by atoms with Crippen molar-refractivity contribution >= 4 is 22.6 Å². The van der Waals surface area contributed by atoms with Crippen molar-refractivity contribution in [2.45, 2.75) is 19.4 Å². The highest BCUT2D eigenvalue weighted by Crippen LogP contribution is 2.21. The number of piperidine rings is 1. The molecule has 0 spiro atoms. The fourth-order valence-corrected chi connectivity index (χ4v) is 3.87. The number of benzene rings is 2. The molecule has 4 rings (SSSR count). The van der Waals surface area contributed by atoms with E-state index in [2.05, 4.69) is 5.32 Å². The first-order valence-corrected chi connectivity index (χ1v) is 9.54. The van der Waals surface area contributed by atoms with Crippen LogP contribution in [0, 0.1) is 5.92 Å². The number of para-hydroxylation sites is 1. The molecule has 3 N–H and O–H groups in total. The number of hydrogen-bond acceptors (Lipinski definition) is 4. The maximum Gasteiger partial charge on any atom is 0.336 e. The fraction of sp³-hybridized carbons (Fsp3) is 0.273. The van der Waals surface area contributed by atoms with E-state index in [0.717, 1.165) is 42.6 Å². The zero-order chi connectivity index (χ0) is 19.5. The molecule has 2 aromatic carbocycles. The molecule has 0 unspecified atom stereocenters. The maximum atomic E-state index is 12.5. The number of aromatic hydroxyl groups is 1. The van der Waals surface area contributed by atoms with Gasteiger partial charge in [0.2, 0.25) is 5.91 Å². The monoisotopic (exact) mass is 379 g/mol. The Morgan fingerprint density at radius 1 is 1.11 bits per heavy atom. The highest BCUT2D eigenvalue weighted by Gasteiger charge is 2.28. The molecule has 1 aromatic heterocycles. The van der Waals surface area contributed by atoms with Gasteiger partial charge in [-0.05, 0) is 24.3 Å². The van der Waals surface area contributed by atoms with E-state index in [1.54, 1.807) is 12.1 Å². The van der Waals surface area contributed by atoms with Crippen LogP contribution in [0.1, 0.15) is 18.4 Å². The van der Waals surface area contributed by atoms with Crippen molar-refractivity contribution in [1.29, 1.82) is 0 Å². The molecule has 0 radical (unpaired) electrons. The van der Waals surface area contributed by atoms with Crippen LogP contribution < -0.4 is 15.8 Å². The minimum Gasteiger partial charge on any atom is -0.508 e. The Labute approximate surface area is 162 Å². The van der Waals surface area contributed by atoms with Crippen molar-refractivity contribution in [2.24, 2.45) is 5.92 Å². The van der Waals surface area contributed by atoms with Gasteiger partial charge in [0.25, 0.3) is 0 Å². The quantitative estimate of drug-likeness (QED) is 0.605. The lowest BCUT2D eigenvalue weighted by atomic mass is 9.95. The zero-order valence-corrected chi connectivity index (χ0v) is 15.5. The Morgan fingerprint density at radius 2 is 1.86 bits per heavy atom. The van der Waals surface area contributed by atoms with Crippen molar-refractivity contribution in [3.05, 3.63) is 70.6 Å². The lowest BCUT2D eigenvalue weighted by molar-refractivity contribution is -0.919. The highest BCUT2D eigenvalue weighted by molar-refractivity contribution is 5.92. The summed E-state index contributed by atoms with van der Waals surface area (Å²) in [6.45, 7) is 2.43. The molecule has 6 nitrogen and oxygen atoms in total. The molecule has 1 aliphatic rings. The molecule has 0 aliphatic carbocycles. The summed E-state index contributed by atoms with van der Waals surface area (Å²) in [5.74, 6) is 0.162. The zero-order valence-electron chi connectivity index (χ0n) is 15.5. The molecule has 2 heterocycles. The van der Waals surface area contributed by atoms with E-state index >= 15 is 0 Å². The molecule has 28 heavy (non-hydrogen) atoms. The van der Waals surface area contributed by atoms with Crippen LogP contribution in [0.3, 0.4) is 0 Å². The maximum absolute atomic E-state index is 12.5. The first-order chi connectivity index (χ1) is 13.6. The average molecular weight is 379 g/mol. The number of carbonyl (C=O) groups is 1. The number of anilines is 1. The topological polar surface area (TPSA) is 84.0 Å². The predicted molar refractivity (Wildman–Crippen MR) is 106 cm³/mol. The number of likely N-dealkylation sites (tertiary alicyclic amines) is 1. The van der Waals surface area contributed by atoms with Gasteiger partial charge in [-0.15, -0.1) is 0 Å². The second-order valence-electron chi connectivity index (χ2n) is 7.33. The number of fused-ring (bicyclic) bond motifs is 1. The number of amides is 1. The molecule has 0 atom stereocenters. The summed E-state index contributed by atoms with van der Waals surface area (Å²) in [5.41, 5.74) is 1.73. The third-order valence-corrected chi connectivity index (χ3v) is 5.36. The van der Waals surface area contributed by atoms with Gasteiger partial charge in [0.15, 0.2) is 0 Å². The number of carbonyl (C=O) groups excluding carboxylic acids is 1. The van der Waals surface area contributed by atoms with Crippen LogP contribution in [0.5, 0.6) is 5.75 Å². The number of phenols is 1. The van der Waals surface area contributed by atoms with E-state index in [0.29, 0.717) is 12.1 Å². The average Bonchev–Trinajstić information content (AvgIpc) is 2.69. The second kappa shape index (κ2) is 7.86. The normalized spacial score (nSPS) is 19.4. The van der Waals surface area contributed by atoms with E-state index in [1.807, 2.05) is 30.3 Å². The van der Waals surface area contributed by atoms with Crippen molar-refractivity contribution in [3.63, 3.8) is 0 Å². The van der Waals surface area contributed by atoms with Crippen LogP contribution in [0.4, 0.5) is 5.69 Å². The minimum absolute atomic E-state index is 0.0125. The Morgan fingerprint density at radius 3 is 2.61 bits per heavy atom. The number of rotatable bonds is 4. The van der Waals surface area contributed by atoms with E-state index < -0.39 is 5.63 Å². The fourth-order valence-electron chi connectivity index (χ4n) is 3.87. The van der Waals surface area contributed by atoms with E-state index in [-0.39, 0.29) is 17.6 Å². The van der Waals surface area contributed by atoms with Gasteiger partial charge in [0, 0.05) is 47.5 Å². The minimum atomic E-state index is -0.412. The van der Waals surface area contributed by atoms with Gasteiger partial charge in [0.1, 0.15) is 17.9 Å². The lowest BCUT2D eigenvalue weighted by Gasteiger charge is -2.28. The number of nitrogens with one attached hydrogen (secondary N) is 2. The Balaban J connectivity index is 1.40. The van der Waals surface area contributed by atoms with Gasteiger partial charge in [-0.25, -0.2) is 4.79 Å². The van der Waals surface area contributed by atoms with Gasteiger partial charge in [-0.2, -0.15) is 0 Å². The van der Waals surface area contributed by atoms with E-state index in [9.17, 15) is 14.7 Å². The Bertz CT molecular complexity index is 1040. The summed E-state index contributed by atoms with van der Waals surface area (Å²) in [5, 5.41) is 13.4. The van der Waals surface area contributed by atoms with Crippen LogP contribution in [-0.4, -0.2) is 24.1 Å². The SMILES string of the molecule is O=C(Nc1ccccc1)C1CC[NH+](Cc2cc(=O)oc3cc(O)ccc23)CC1. The van der Waals surface area contributed by atoms with Gasteiger partial charge < -0.3 is 19.7 Å². The third kappa shape index (κ3) is 4.07. The molecule has 1 amide bonds. The van der Waals surface area contributed by atoms with Crippen LogP contribution >= 0.6 is 0 Å². The van der Waals surface area contributed by atoms with Crippen molar-refractivity contribution in [3.8, 4) is 5.75 Å². The third-order valence-electron chi connectivity index (χ3n) is 5.36. The molecular weight excluding hydrogens is 356 g/mol. The molecule has 1 aliphatic heterocycles. The summed E-state index contributed by atoms with van der Waals surface area (Å²) in [6.07, 6.45) is 1.63. The Hall–Kier alpha value is -3.12. The number of phenolic OH excluding ortho intramolecular Hbond substituents is 1. The summed E-state index contributed by atoms with van der Waals surface area (Å²) < 4.78 is 5.20. The van der Waals surface area contributed by atoms with Gasteiger partial charge in [-0.3, -0.25) is 4.79 Å². The number of quaternary nitrogens is 1. The first kappa shape index (κ1) is 18.3. The van der Waals surface area contributed by atoms with E-state index in [1.165, 1.54) is 17.0 Å². The summed E-state index contributed by atoms with van der Waals surface area (Å²) >= 11 is 0. The van der Waals surface area contributed by atoms with Gasteiger partial charge in [0.05, 0.1) is 13.1 Å². The molecule has 1 fully saturated rings. The smallest absolute Gasteiger partial charge is 0.336 e. The van der Waals surface area contributed by atoms with Crippen LogP contribution in [-0.2, 0) is 11.3 Å². The van der Waals surface area contributed by atoms with Crippen molar-refractivity contribution in [1.82, 2.24) is 0 Å². The molecule has 3 aromatic rings. The molecule has 0 bridgehead atoms. The molecule has 0 saturated carbocycles. The first-order valence-electron chi connectivity index (χ1n) is 9.54. The second-order valence-corrected chi connectivity index (χ2v) is 7.33. The van der Waals surface area contributed by atoms with Crippen LogP contribution in [0.2, 0.25) is 0 Å². The Kier molecular flexibility index (Phi) is 5.12. The summed E-state index contributed by atoms with van der Waals surface area (Å²) in [6, 6.07) is 15.9. The molecule has 6 heteroatoms. The largest absolute Gasteiger partial charge is 0.508 e. The summed E-state index contributed by atoms with van der Waals surface area (Å²) in [7, 11) is 0. The van der Waals surface area contributed by atoms with Crippen molar-refractivity contribution in [2.75, 3.05) is 18.4 Å². The van der Waals surface area contributed by atoms with Crippen LogP contribution in [0.15, 0.2) is 63.8 Å². The van der Waals surface area contributed by atoms with Crippen LogP contribution in [0.25, 0.3) is 11.0 Å². The lowest BCUT2D eigenvalue weighted by Crippen LogP contribution is -3.11. The molecule has 144 valence electrons. The number of hydrogen-bond donors (Lipinski definition) is 3. The van der Waals surface area contributed by atoms with Gasteiger partial charge in [-0.1, -0.05) is 18.2 Å².